The Labute approximate surface area is 224 Å². The fraction of sp³-hybridized carbons (Fsp3) is 0.345. The Morgan fingerprint density at radius 3 is 2.73 bits per heavy atom. The first-order valence-electron chi connectivity index (χ1n) is 13.0. The predicted octanol–water partition coefficient (Wildman–Crippen LogP) is 4.17. The monoisotopic (exact) mass is 528 g/mol. The fourth-order valence-corrected chi connectivity index (χ4v) is 7.31. The van der Waals surface area contributed by atoms with Crippen molar-refractivity contribution in [2.45, 2.75) is 50.4 Å². The van der Waals surface area contributed by atoms with Gasteiger partial charge in [0.15, 0.2) is 0 Å². The highest BCUT2D eigenvalue weighted by molar-refractivity contribution is 7.15. The number of benzene rings is 2. The molecule has 4 aromatic rings. The number of amides is 1. The molecule has 2 aliphatic rings. The van der Waals surface area contributed by atoms with E-state index in [1.54, 1.807) is 11.3 Å². The van der Waals surface area contributed by atoms with Crippen LogP contribution in [0.15, 0.2) is 54.9 Å². The van der Waals surface area contributed by atoms with Crippen LogP contribution in [-0.2, 0) is 5.54 Å². The van der Waals surface area contributed by atoms with Crippen LogP contribution in [0.3, 0.4) is 0 Å². The Hall–Kier alpha value is -3.07. The van der Waals surface area contributed by atoms with Crippen molar-refractivity contribution >= 4 is 38.4 Å². The van der Waals surface area contributed by atoms with E-state index in [1.165, 1.54) is 6.42 Å². The number of likely N-dealkylation sites (tertiary alicyclic amines) is 1. The highest BCUT2D eigenvalue weighted by Gasteiger charge is 2.47. The molecule has 1 amide bonds. The topological polar surface area (TPSA) is 67.3 Å². The van der Waals surface area contributed by atoms with Gasteiger partial charge in [-0.1, -0.05) is 12.1 Å². The third-order valence-electron chi connectivity index (χ3n) is 7.91. The summed E-state index contributed by atoms with van der Waals surface area (Å²) in [5, 5.41) is 5.53. The molecule has 2 aromatic heterocycles. The van der Waals surface area contributed by atoms with E-state index in [0.717, 1.165) is 72.9 Å². The molecule has 190 valence electrons. The molecule has 6 nitrogen and oxygen atoms in total. The summed E-state index contributed by atoms with van der Waals surface area (Å²) in [5.74, 6) is 0.722. The average Bonchev–Trinajstić information content (AvgIpc) is 3.52. The first-order chi connectivity index (χ1) is 17.8. The molecule has 1 saturated carbocycles. The molecule has 1 aliphatic carbocycles. The van der Waals surface area contributed by atoms with Gasteiger partial charge in [0.05, 0.1) is 36.9 Å². The molecule has 1 saturated heterocycles. The number of carbonyl (C=O) groups excluding carboxylic acids is 1. The zero-order valence-electron chi connectivity index (χ0n) is 21.7. The number of nitrogens with zero attached hydrogens (tertiary/aromatic N) is 3. The number of rotatable bonds is 7. The smallest absolute Gasteiger partial charge is 0.252 e. The fourth-order valence-electron chi connectivity index (χ4n) is 5.43. The van der Waals surface area contributed by atoms with Gasteiger partial charge >= 0.3 is 0 Å². The van der Waals surface area contributed by atoms with Gasteiger partial charge in [-0.3, -0.25) is 9.78 Å². The minimum absolute atomic E-state index is 0.0535. The van der Waals surface area contributed by atoms with Crippen molar-refractivity contribution in [3.8, 4) is 16.2 Å². The van der Waals surface area contributed by atoms with Gasteiger partial charge < -0.3 is 15.0 Å². The summed E-state index contributed by atoms with van der Waals surface area (Å²) in [4.78, 5) is 26.2. The average molecular weight is 529 g/mol. The van der Waals surface area contributed by atoms with Crippen molar-refractivity contribution < 1.29 is 9.53 Å². The molecule has 0 unspecified atom stereocenters. The van der Waals surface area contributed by atoms with Gasteiger partial charge in [-0.15, -0.1) is 11.3 Å². The molecule has 2 atom stereocenters. The number of fused-ring (bicyclic) bond motifs is 1. The summed E-state index contributed by atoms with van der Waals surface area (Å²) < 4.78 is 6.32. The summed E-state index contributed by atoms with van der Waals surface area (Å²) in [6.45, 7) is 5.14. The SMILES string of the molecule is Cc1ncc(-c2cc(C3(NC(=O)c4cc(O[C@@H]([SiH3])[C@@H]5CCN5C)ccc4C)CC3)c3cccnc3c2)s1. The maximum atomic E-state index is 13.7. The highest BCUT2D eigenvalue weighted by atomic mass is 32.1. The first-order valence-corrected chi connectivity index (χ1v) is 14.9. The number of aromatic nitrogens is 2. The first kappa shape index (κ1) is 24.3. The summed E-state index contributed by atoms with van der Waals surface area (Å²) in [6, 6.07) is 14.8. The Kier molecular flexibility index (Phi) is 6.13. The van der Waals surface area contributed by atoms with Crippen molar-refractivity contribution in [3.05, 3.63) is 76.6 Å². The van der Waals surface area contributed by atoms with Gasteiger partial charge in [0.25, 0.3) is 5.91 Å². The van der Waals surface area contributed by atoms with Crippen LogP contribution in [-0.4, -0.2) is 56.4 Å². The lowest BCUT2D eigenvalue weighted by Crippen LogP contribution is -2.53. The molecule has 1 N–H and O–H groups in total. The number of aryl methyl sites for hydroxylation is 2. The molecule has 37 heavy (non-hydrogen) atoms. The van der Waals surface area contributed by atoms with Gasteiger partial charge in [0.2, 0.25) is 0 Å². The van der Waals surface area contributed by atoms with Gasteiger partial charge in [-0.05, 0) is 93.7 Å². The van der Waals surface area contributed by atoms with Crippen molar-refractivity contribution in [2.75, 3.05) is 13.6 Å². The molecule has 0 radical (unpaired) electrons. The Balaban J connectivity index is 1.30. The normalized spacial score (nSPS) is 19.4. The number of hydrogen-bond donors (Lipinski definition) is 1. The van der Waals surface area contributed by atoms with Crippen molar-refractivity contribution in [2.24, 2.45) is 0 Å². The van der Waals surface area contributed by atoms with Gasteiger partial charge in [0, 0.05) is 29.4 Å². The number of ether oxygens (including phenoxy) is 1. The second kappa shape index (κ2) is 9.35. The third kappa shape index (κ3) is 4.58. The van der Waals surface area contributed by atoms with E-state index in [2.05, 4.69) is 45.4 Å². The Morgan fingerprint density at radius 1 is 1.22 bits per heavy atom. The van der Waals surface area contributed by atoms with E-state index in [0.29, 0.717) is 11.6 Å². The van der Waals surface area contributed by atoms with Crippen LogP contribution in [0.2, 0.25) is 0 Å². The third-order valence-corrected chi connectivity index (χ3v) is 9.87. The molecular formula is C29H32N4O2SSi. The van der Waals surface area contributed by atoms with E-state index >= 15 is 0 Å². The summed E-state index contributed by atoms with van der Waals surface area (Å²) in [6.07, 6.45) is 6.73. The zero-order chi connectivity index (χ0) is 25.7. The number of pyridine rings is 1. The number of likely N-dealkylation sites (N-methyl/N-ethyl adjacent to an activating group) is 1. The van der Waals surface area contributed by atoms with Crippen LogP contribution < -0.4 is 10.1 Å². The maximum absolute atomic E-state index is 13.7. The lowest BCUT2D eigenvalue weighted by Gasteiger charge is -2.41. The van der Waals surface area contributed by atoms with Crippen molar-refractivity contribution in [3.63, 3.8) is 0 Å². The molecule has 2 fully saturated rings. The van der Waals surface area contributed by atoms with Gasteiger partial charge in [-0.2, -0.15) is 0 Å². The van der Waals surface area contributed by atoms with Gasteiger partial charge in [-0.25, -0.2) is 4.98 Å². The van der Waals surface area contributed by atoms with Crippen LogP contribution in [0, 0.1) is 13.8 Å². The zero-order valence-corrected chi connectivity index (χ0v) is 24.6. The molecule has 2 aromatic carbocycles. The van der Waals surface area contributed by atoms with Crippen molar-refractivity contribution in [1.29, 1.82) is 0 Å². The van der Waals surface area contributed by atoms with Crippen LogP contribution in [0.1, 0.15) is 45.8 Å². The number of carbonyl (C=O) groups is 1. The quantitative estimate of drug-likeness (QED) is 0.365. The van der Waals surface area contributed by atoms with E-state index < -0.39 is 5.54 Å². The van der Waals surface area contributed by atoms with Crippen LogP contribution in [0.5, 0.6) is 5.75 Å². The standard InChI is InChI=1S/C29H32N4O2SSi/c1-17-6-7-20(35-28(37)25-8-12-33(25)3)15-22(17)27(34)32-29(9-10-29)23-13-19(26-16-31-18(2)36-26)14-24-21(23)5-4-11-30-24/h4-7,11,13-16,25,28H,8-10,12H2,1-3,37H3,(H,32,34)/t25-,28-/m0/s1. The van der Waals surface area contributed by atoms with E-state index in [1.807, 2.05) is 50.5 Å². The summed E-state index contributed by atoms with van der Waals surface area (Å²) in [5.41, 5.74) is 4.61. The number of hydrogen-bond acceptors (Lipinski definition) is 6. The van der Waals surface area contributed by atoms with Gasteiger partial charge in [0.1, 0.15) is 5.75 Å². The molecule has 1 aliphatic heterocycles. The number of thiazole rings is 1. The largest absolute Gasteiger partial charge is 0.494 e. The van der Waals surface area contributed by atoms with Crippen LogP contribution >= 0.6 is 11.3 Å². The van der Waals surface area contributed by atoms with E-state index in [-0.39, 0.29) is 11.6 Å². The summed E-state index contributed by atoms with van der Waals surface area (Å²) in [7, 11) is 3.09. The maximum Gasteiger partial charge on any atom is 0.252 e. The Bertz CT molecular complexity index is 1500. The van der Waals surface area contributed by atoms with Crippen LogP contribution in [0.25, 0.3) is 21.3 Å². The molecular weight excluding hydrogens is 496 g/mol. The predicted molar refractivity (Wildman–Crippen MR) is 153 cm³/mol. The Morgan fingerprint density at radius 2 is 2.05 bits per heavy atom. The minimum Gasteiger partial charge on any atom is -0.494 e. The highest BCUT2D eigenvalue weighted by Crippen LogP contribution is 2.49. The minimum atomic E-state index is -0.397. The van der Waals surface area contributed by atoms with Crippen LogP contribution in [0.4, 0.5) is 0 Å². The van der Waals surface area contributed by atoms with Crippen molar-refractivity contribution in [1.82, 2.24) is 20.2 Å². The van der Waals surface area contributed by atoms with E-state index in [9.17, 15) is 4.79 Å². The molecule has 8 heteroatoms. The lowest BCUT2D eigenvalue weighted by molar-refractivity contribution is 0.0562. The molecule has 0 spiro atoms. The summed E-state index contributed by atoms with van der Waals surface area (Å²) >= 11 is 1.68. The van der Waals surface area contributed by atoms with E-state index in [4.69, 9.17) is 4.74 Å². The molecule has 0 bridgehead atoms. The lowest BCUT2D eigenvalue weighted by atomic mass is 9.95. The molecule has 3 heterocycles. The second-order valence-corrected chi connectivity index (χ2v) is 12.9. The second-order valence-electron chi connectivity index (χ2n) is 10.5. The molecule has 6 rings (SSSR count). The number of nitrogens with one attached hydrogen (secondary N) is 1.